The van der Waals surface area contributed by atoms with E-state index in [9.17, 15) is 4.79 Å². The minimum Gasteiger partial charge on any atom is -0.324 e. The molecule has 0 saturated carbocycles. The average Bonchev–Trinajstić information content (AvgIpc) is 3.28. The van der Waals surface area contributed by atoms with Crippen LogP contribution in [0.5, 0.6) is 0 Å². The zero-order valence-corrected chi connectivity index (χ0v) is 14.0. The van der Waals surface area contributed by atoms with Crippen LogP contribution < -0.4 is 10.6 Å². The molecule has 1 unspecified atom stereocenters. The first-order valence-corrected chi connectivity index (χ1v) is 8.91. The van der Waals surface area contributed by atoms with Gasteiger partial charge in [0.15, 0.2) is 0 Å². The van der Waals surface area contributed by atoms with Crippen molar-refractivity contribution in [3.63, 3.8) is 0 Å². The van der Waals surface area contributed by atoms with Gasteiger partial charge < -0.3 is 15.5 Å². The van der Waals surface area contributed by atoms with Gasteiger partial charge in [0.05, 0.1) is 5.70 Å². The molecule has 1 aromatic rings. The highest BCUT2D eigenvalue weighted by atomic mass is 16.1. The first-order valence-electron chi connectivity index (χ1n) is 8.91. The van der Waals surface area contributed by atoms with Gasteiger partial charge in [-0.1, -0.05) is 24.3 Å². The summed E-state index contributed by atoms with van der Waals surface area (Å²) in [6, 6.07) is 9.23. The first kappa shape index (κ1) is 14.7. The molecule has 126 valence electrons. The van der Waals surface area contributed by atoms with Crippen LogP contribution in [0.25, 0.3) is 0 Å². The maximum absolute atomic E-state index is 11.8. The fraction of sp³-hybridized carbons (Fsp3) is 0.300. The molecular weight excluding hydrogens is 312 g/mol. The monoisotopic (exact) mass is 332 g/mol. The highest BCUT2D eigenvalue weighted by Crippen LogP contribution is 2.34. The van der Waals surface area contributed by atoms with Crippen molar-refractivity contribution in [3.8, 4) is 0 Å². The third-order valence-corrected chi connectivity index (χ3v) is 5.32. The molecule has 0 spiro atoms. The van der Waals surface area contributed by atoms with Crippen molar-refractivity contribution in [2.24, 2.45) is 4.99 Å². The van der Waals surface area contributed by atoms with E-state index < -0.39 is 0 Å². The molecule has 5 rings (SSSR count). The molecular formula is C20H20N4O. The van der Waals surface area contributed by atoms with Gasteiger partial charge in [0.2, 0.25) is 5.91 Å². The summed E-state index contributed by atoms with van der Waals surface area (Å²) in [5.74, 6) is 0.902. The van der Waals surface area contributed by atoms with Crippen molar-refractivity contribution in [1.29, 1.82) is 0 Å². The Morgan fingerprint density at radius 2 is 2.04 bits per heavy atom. The molecule has 25 heavy (non-hydrogen) atoms. The summed E-state index contributed by atoms with van der Waals surface area (Å²) in [5, 5.41) is 6.54. The second-order valence-electron chi connectivity index (χ2n) is 6.86. The van der Waals surface area contributed by atoms with Crippen LogP contribution in [-0.4, -0.2) is 29.7 Å². The number of benzene rings is 1. The predicted octanol–water partition coefficient (Wildman–Crippen LogP) is 2.36. The minimum absolute atomic E-state index is 0.0605. The molecule has 4 aliphatic heterocycles. The van der Waals surface area contributed by atoms with E-state index in [1.165, 1.54) is 18.4 Å². The fourth-order valence-corrected chi connectivity index (χ4v) is 4.08. The van der Waals surface area contributed by atoms with Crippen molar-refractivity contribution in [2.45, 2.75) is 25.3 Å². The van der Waals surface area contributed by atoms with Gasteiger partial charge in [-0.05, 0) is 31.0 Å². The maximum Gasteiger partial charge on any atom is 0.248 e. The largest absolute Gasteiger partial charge is 0.324 e. The quantitative estimate of drug-likeness (QED) is 0.874. The van der Waals surface area contributed by atoms with Crippen LogP contribution >= 0.6 is 0 Å². The third kappa shape index (κ3) is 2.43. The van der Waals surface area contributed by atoms with Gasteiger partial charge in [-0.25, -0.2) is 4.99 Å². The molecule has 0 aliphatic carbocycles. The molecule has 4 heterocycles. The molecule has 4 aliphatic rings. The van der Waals surface area contributed by atoms with Crippen molar-refractivity contribution in [1.82, 2.24) is 15.5 Å². The number of amides is 1. The summed E-state index contributed by atoms with van der Waals surface area (Å²) < 4.78 is 0. The molecule has 1 atom stereocenters. The van der Waals surface area contributed by atoms with E-state index >= 15 is 0 Å². The topological polar surface area (TPSA) is 56.7 Å². The van der Waals surface area contributed by atoms with Gasteiger partial charge in [0.25, 0.3) is 0 Å². The van der Waals surface area contributed by atoms with Gasteiger partial charge in [-0.15, -0.1) is 0 Å². The van der Waals surface area contributed by atoms with Crippen LogP contribution in [-0.2, 0) is 4.79 Å². The Balaban J connectivity index is 1.49. The van der Waals surface area contributed by atoms with Crippen LogP contribution in [0.2, 0.25) is 0 Å². The Labute approximate surface area is 146 Å². The first-order chi connectivity index (χ1) is 12.3. The van der Waals surface area contributed by atoms with Crippen LogP contribution in [0.3, 0.4) is 0 Å². The van der Waals surface area contributed by atoms with E-state index in [1.807, 2.05) is 12.3 Å². The van der Waals surface area contributed by atoms with Gasteiger partial charge in [-0.3, -0.25) is 4.79 Å². The van der Waals surface area contributed by atoms with E-state index in [0.29, 0.717) is 6.04 Å². The SMILES string of the molecule is O=C1C=CC2=CN=C(c3ccc(C4CCCN4)cc3)N3CCC(=C23)N1. The normalized spacial score (nSPS) is 24.7. The van der Waals surface area contributed by atoms with E-state index in [0.717, 1.165) is 47.9 Å². The van der Waals surface area contributed by atoms with Crippen LogP contribution in [0.1, 0.15) is 36.4 Å². The second kappa shape index (κ2) is 5.70. The molecule has 5 nitrogen and oxygen atoms in total. The molecule has 0 aromatic heterocycles. The summed E-state index contributed by atoms with van der Waals surface area (Å²) in [4.78, 5) is 18.7. The van der Waals surface area contributed by atoms with E-state index in [1.54, 1.807) is 6.08 Å². The van der Waals surface area contributed by atoms with Gasteiger partial charge in [0.1, 0.15) is 5.84 Å². The molecule has 0 bridgehead atoms. The molecule has 0 radical (unpaired) electrons. The van der Waals surface area contributed by atoms with Gasteiger partial charge >= 0.3 is 0 Å². The summed E-state index contributed by atoms with van der Waals surface area (Å²) >= 11 is 0. The lowest BCUT2D eigenvalue weighted by Gasteiger charge is -2.27. The Morgan fingerprint density at radius 3 is 2.84 bits per heavy atom. The number of aliphatic imine (C=N–C) groups is 1. The zero-order valence-electron chi connectivity index (χ0n) is 14.0. The Morgan fingerprint density at radius 1 is 1.16 bits per heavy atom. The van der Waals surface area contributed by atoms with Gasteiger partial charge in [0, 0.05) is 48.1 Å². The summed E-state index contributed by atoms with van der Waals surface area (Å²) in [6.07, 6.45) is 8.59. The minimum atomic E-state index is -0.0605. The van der Waals surface area contributed by atoms with Crippen molar-refractivity contribution >= 4 is 11.7 Å². The molecule has 1 fully saturated rings. The lowest BCUT2D eigenvalue weighted by molar-refractivity contribution is -0.115. The number of hydrogen-bond acceptors (Lipinski definition) is 4. The molecule has 1 aromatic carbocycles. The van der Waals surface area contributed by atoms with Crippen LogP contribution in [0.15, 0.2) is 64.6 Å². The predicted molar refractivity (Wildman–Crippen MR) is 96.7 cm³/mol. The zero-order chi connectivity index (χ0) is 16.8. The van der Waals surface area contributed by atoms with Gasteiger partial charge in [-0.2, -0.15) is 0 Å². The van der Waals surface area contributed by atoms with Crippen molar-refractivity contribution in [2.75, 3.05) is 13.1 Å². The van der Waals surface area contributed by atoms with Crippen LogP contribution in [0, 0.1) is 0 Å². The van der Waals surface area contributed by atoms with E-state index in [4.69, 9.17) is 4.99 Å². The Kier molecular flexibility index (Phi) is 3.35. The standard InChI is InChI=1S/C20H20N4O/c25-18-8-7-15-12-22-20(24-11-9-17(23-18)19(15)24)14-5-3-13(4-6-14)16-2-1-10-21-16/h3-8,12,16,21H,1-2,9-11H2,(H,23,25). The number of amidine groups is 1. The maximum atomic E-state index is 11.8. The lowest BCUT2D eigenvalue weighted by atomic mass is 10.0. The summed E-state index contributed by atoms with van der Waals surface area (Å²) in [5.41, 5.74) is 5.56. The highest BCUT2D eigenvalue weighted by Gasteiger charge is 2.32. The smallest absolute Gasteiger partial charge is 0.248 e. The molecule has 5 heteroatoms. The Bertz CT molecular complexity index is 854. The van der Waals surface area contributed by atoms with Crippen molar-refractivity contribution < 1.29 is 4.79 Å². The molecule has 1 saturated heterocycles. The number of nitrogens with one attached hydrogen (secondary N) is 2. The molecule has 1 amide bonds. The van der Waals surface area contributed by atoms with E-state index in [2.05, 4.69) is 39.8 Å². The number of rotatable bonds is 2. The lowest BCUT2D eigenvalue weighted by Crippen LogP contribution is -2.31. The number of carbonyl (C=O) groups excluding carboxylic acids is 1. The Hall–Kier alpha value is -2.66. The summed E-state index contributed by atoms with van der Waals surface area (Å²) in [7, 11) is 0. The number of carbonyl (C=O) groups is 1. The van der Waals surface area contributed by atoms with Crippen LogP contribution in [0.4, 0.5) is 0 Å². The molecule has 2 N–H and O–H groups in total. The number of hydrogen-bond donors (Lipinski definition) is 2. The van der Waals surface area contributed by atoms with E-state index in [-0.39, 0.29) is 5.91 Å². The number of nitrogens with zero attached hydrogens (tertiary/aromatic N) is 2. The average molecular weight is 332 g/mol. The number of allylic oxidation sites excluding steroid dienone is 1. The van der Waals surface area contributed by atoms with Crippen molar-refractivity contribution in [3.05, 3.63) is 70.7 Å². The third-order valence-electron chi connectivity index (χ3n) is 5.32. The summed E-state index contributed by atoms with van der Waals surface area (Å²) in [6.45, 7) is 1.96. The highest BCUT2D eigenvalue weighted by molar-refractivity contribution is 6.02. The fourth-order valence-electron chi connectivity index (χ4n) is 4.08. The second-order valence-corrected chi connectivity index (χ2v) is 6.86.